The van der Waals surface area contributed by atoms with Crippen LogP contribution >= 0.6 is 11.8 Å². The summed E-state index contributed by atoms with van der Waals surface area (Å²) in [5, 5.41) is 2.88. The first-order valence-electron chi connectivity index (χ1n) is 9.18. The van der Waals surface area contributed by atoms with E-state index in [0.717, 1.165) is 24.3 Å². The molecule has 2 aromatic rings. The van der Waals surface area contributed by atoms with Gasteiger partial charge in [0.15, 0.2) is 0 Å². The molecule has 0 aliphatic carbocycles. The predicted octanol–water partition coefficient (Wildman–Crippen LogP) is 3.74. The van der Waals surface area contributed by atoms with Crippen LogP contribution < -0.4 is 5.32 Å². The van der Waals surface area contributed by atoms with Gasteiger partial charge in [-0.15, -0.1) is 0 Å². The molecule has 2 heterocycles. The maximum Gasteiger partial charge on any atom is 0.253 e. The summed E-state index contributed by atoms with van der Waals surface area (Å²) in [6.45, 7) is 3.03. The SMILES string of the molecule is CSCc1ccc(C(=O)N2CCCC(C(=O)Nc3cccc(C)n3)C2)cc1. The van der Waals surface area contributed by atoms with Crippen molar-refractivity contribution in [2.24, 2.45) is 5.92 Å². The normalized spacial score (nSPS) is 16.8. The lowest BCUT2D eigenvalue weighted by atomic mass is 9.96. The zero-order valence-corrected chi connectivity index (χ0v) is 16.6. The second-order valence-electron chi connectivity index (χ2n) is 6.87. The molecule has 6 heteroatoms. The van der Waals surface area contributed by atoms with Gasteiger partial charge in [-0.25, -0.2) is 4.98 Å². The molecule has 27 heavy (non-hydrogen) atoms. The Bertz CT molecular complexity index is 807. The molecule has 1 N–H and O–H groups in total. The highest BCUT2D eigenvalue weighted by Gasteiger charge is 2.29. The van der Waals surface area contributed by atoms with Crippen molar-refractivity contribution in [1.29, 1.82) is 0 Å². The van der Waals surface area contributed by atoms with E-state index in [0.29, 0.717) is 24.5 Å². The first-order valence-corrected chi connectivity index (χ1v) is 10.6. The third-order valence-electron chi connectivity index (χ3n) is 4.73. The highest BCUT2D eigenvalue weighted by Crippen LogP contribution is 2.21. The fraction of sp³-hybridized carbons (Fsp3) is 0.381. The molecule has 1 atom stereocenters. The fourth-order valence-electron chi connectivity index (χ4n) is 3.31. The van der Waals surface area contributed by atoms with E-state index in [4.69, 9.17) is 0 Å². The van der Waals surface area contributed by atoms with Crippen LogP contribution in [0.5, 0.6) is 0 Å². The Balaban J connectivity index is 1.62. The zero-order valence-electron chi connectivity index (χ0n) is 15.8. The number of thioether (sulfide) groups is 1. The summed E-state index contributed by atoms with van der Waals surface area (Å²) >= 11 is 1.76. The molecule has 1 aromatic heterocycles. The second kappa shape index (κ2) is 9.04. The van der Waals surface area contributed by atoms with Gasteiger partial charge in [-0.05, 0) is 55.9 Å². The van der Waals surface area contributed by atoms with Gasteiger partial charge < -0.3 is 10.2 Å². The van der Waals surface area contributed by atoms with Gasteiger partial charge in [-0.2, -0.15) is 11.8 Å². The minimum Gasteiger partial charge on any atom is -0.338 e. The van der Waals surface area contributed by atoms with Gasteiger partial charge in [0, 0.05) is 30.1 Å². The number of hydrogen-bond acceptors (Lipinski definition) is 4. The van der Waals surface area contributed by atoms with Gasteiger partial charge >= 0.3 is 0 Å². The van der Waals surface area contributed by atoms with Crippen LogP contribution in [0.15, 0.2) is 42.5 Å². The molecule has 2 amide bonds. The molecule has 3 rings (SSSR count). The number of carbonyl (C=O) groups is 2. The third-order valence-corrected chi connectivity index (χ3v) is 5.35. The van der Waals surface area contributed by atoms with E-state index in [1.807, 2.05) is 43.3 Å². The maximum atomic E-state index is 12.8. The van der Waals surface area contributed by atoms with Crippen LogP contribution in [0.3, 0.4) is 0 Å². The fourth-order valence-corrected chi connectivity index (χ4v) is 3.84. The number of carbonyl (C=O) groups excluding carboxylic acids is 2. The van der Waals surface area contributed by atoms with E-state index in [1.54, 1.807) is 22.7 Å². The average molecular weight is 384 g/mol. The summed E-state index contributed by atoms with van der Waals surface area (Å²) in [6, 6.07) is 13.3. The van der Waals surface area contributed by atoms with Crippen LogP contribution in [0.1, 0.15) is 34.5 Å². The summed E-state index contributed by atoms with van der Waals surface area (Å²) in [6.07, 6.45) is 3.67. The Morgan fingerprint density at radius 3 is 2.70 bits per heavy atom. The Morgan fingerprint density at radius 1 is 1.22 bits per heavy atom. The first kappa shape index (κ1) is 19.4. The van der Waals surface area contributed by atoms with E-state index in [9.17, 15) is 9.59 Å². The number of hydrogen-bond donors (Lipinski definition) is 1. The van der Waals surface area contributed by atoms with Crippen molar-refractivity contribution in [3.8, 4) is 0 Å². The van der Waals surface area contributed by atoms with Crippen LogP contribution in [0.4, 0.5) is 5.82 Å². The van der Waals surface area contributed by atoms with E-state index in [-0.39, 0.29) is 17.7 Å². The highest BCUT2D eigenvalue weighted by molar-refractivity contribution is 7.97. The number of benzene rings is 1. The van der Waals surface area contributed by atoms with Gasteiger partial charge in [0.2, 0.25) is 5.91 Å². The van der Waals surface area contributed by atoms with E-state index in [1.165, 1.54) is 5.56 Å². The Hall–Kier alpha value is -2.34. The standard InChI is InChI=1S/C21H25N3O2S/c1-15-5-3-7-19(22-15)23-20(25)18-6-4-12-24(13-18)21(26)17-10-8-16(9-11-17)14-27-2/h3,5,7-11,18H,4,6,12-14H2,1-2H3,(H,22,23,25). The lowest BCUT2D eigenvalue weighted by Gasteiger charge is -2.32. The topological polar surface area (TPSA) is 62.3 Å². The van der Waals surface area contributed by atoms with Crippen molar-refractivity contribution >= 4 is 29.4 Å². The monoisotopic (exact) mass is 383 g/mol. The van der Waals surface area contributed by atoms with Crippen LogP contribution in [0.25, 0.3) is 0 Å². The number of aryl methyl sites for hydroxylation is 1. The molecule has 0 radical (unpaired) electrons. The number of rotatable bonds is 5. The second-order valence-corrected chi connectivity index (χ2v) is 7.74. The van der Waals surface area contributed by atoms with Crippen molar-refractivity contribution in [3.05, 3.63) is 59.3 Å². The van der Waals surface area contributed by atoms with E-state index < -0.39 is 0 Å². The van der Waals surface area contributed by atoms with Crippen molar-refractivity contribution in [1.82, 2.24) is 9.88 Å². The largest absolute Gasteiger partial charge is 0.338 e. The molecule has 1 aromatic carbocycles. The molecule has 1 saturated heterocycles. The summed E-state index contributed by atoms with van der Waals surface area (Å²) in [5.41, 5.74) is 2.75. The van der Waals surface area contributed by atoms with Crippen LogP contribution in [0, 0.1) is 12.8 Å². The van der Waals surface area contributed by atoms with Crippen molar-refractivity contribution in [2.75, 3.05) is 24.7 Å². The minimum absolute atomic E-state index is 0.00289. The molecule has 1 aliphatic rings. The minimum atomic E-state index is -0.208. The predicted molar refractivity (Wildman–Crippen MR) is 110 cm³/mol. The summed E-state index contributed by atoms with van der Waals surface area (Å²) in [4.78, 5) is 31.5. The van der Waals surface area contributed by atoms with E-state index in [2.05, 4.69) is 16.6 Å². The number of amides is 2. The molecular weight excluding hydrogens is 358 g/mol. The quantitative estimate of drug-likeness (QED) is 0.854. The first-order chi connectivity index (χ1) is 13.1. The number of piperidine rings is 1. The lowest BCUT2D eigenvalue weighted by Crippen LogP contribution is -2.43. The third kappa shape index (κ3) is 5.10. The molecule has 0 spiro atoms. The number of aromatic nitrogens is 1. The summed E-state index contributed by atoms with van der Waals surface area (Å²) in [5.74, 6) is 1.22. The zero-order chi connectivity index (χ0) is 19.2. The molecule has 0 saturated carbocycles. The van der Waals surface area contributed by atoms with Crippen LogP contribution in [0.2, 0.25) is 0 Å². The number of nitrogens with zero attached hydrogens (tertiary/aromatic N) is 2. The van der Waals surface area contributed by atoms with Gasteiger partial charge in [-0.3, -0.25) is 9.59 Å². The molecule has 142 valence electrons. The van der Waals surface area contributed by atoms with Crippen LogP contribution in [-0.4, -0.2) is 41.0 Å². The number of likely N-dealkylation sites (tertiary alicyclic amines) is 1. The number of nitrogens with one attached hydrogen (secondary N) is 1. The van der Waals surface area contributed by atoms with Gasteiger partial charge in [0.05, 0.1) is 5.92 Å². The smallest absolute Gasteiger partial charge is 0.253 e. The van der Waals surface area contributed by atoms with Gasteiger partial charge in [0.1, 0.15) is 5.82 Å². The molecule has 1 fully saturated rings. The van der Waals surface area contributed by atoms with Crippen molar-refractivity contribution < 1.29 is 9.59 Å². The highest BCUT2D eigenvalue weighted by atomic mass is 32.2. The lowest BCUT2D eigenvalue weighted by molar-refractivity contribution is -0.121. The summed E-state index contributed by atoms with van der Waals surface area (Å²) in [7, 11) is 0. The van der Waals surface area contributed by atoms with Gasteiger partial charge in [-0.1, -0.05) is 18.2 Å². The molecule has 5 nitrogen and oxygen atoms in total. The summed E-state index contributed by atoms with van der Waals surface area (Å²) < 4.78 is 0. The Morgan fingerprint density at radius 2 is 2.00 bits per heavy atom. The Labute approximate surface area is 164 Å². The number of anilines is 1. The molecule has 1 aliphatic heterocycles. The molecular formula is C21H25N3O2S. The van der Waals surface area contributed by atoms with Gasteiger partial charge in [0.25, 0.3) is 5.91 Å². The van der Waals surface area contributed by atoms with E-state index >= 15 is 0 Å². The van der Waals surface area contributed by atoms with Crippen molar-refractivity contribution in [3.63, 3.8) is 0 Å². The average Bonchev–Trinajstić information content (AvgIpc) is 2.68. The Kier molecular flexibility index (Phi) is 6.50. The number of pyridine rings is 1. The van der Waals surface area contributed by atoms with Crippen LogP contribution in [-0.2, 0) is 10.5 Å². The molecule has 0 bridgehead atoms. The molecule has 1 unspecified atom stereocenters. The maximum absolute atomic E-state index is 12.8. The van der Waals surface area contributed by atoms with Crippen molar-refractivity contribution in [2.45, 2.75) is 25.5 Å².